The van der Waals surface area contributed by atoms with Crippen molar-refractivity contribution in [3.63, 3.8) is 0 Å². The van der Waals surface area contributed by atoms with Crippen molar-refractivity contribution in [2.45, 2.75) is 25.2 Å². The van der Waals surface area contributed by atoms with Gasteiger partial charge in [-0.3, -0.25) is 0 Å². The normalized spacial score (nSPS) is 11.7. The van der Waals surface area contributed by atoms with Gasteiger partial charge in [0.05, 0.1) is 11.5 Å². The van der Waals surface area contributed by atoms with Gasteiger partial charge in [-0.15, -0.1) is 0 Å². The Morgan fingerprint density at radius 1 is 1.12 bits per heavy atom. The van der Waals surface area contributed by atoms with Crippen LogP contribution in [0.2, 0.25) is 0 Å². The Bertz CT molecular complexity index is 1350. The number of benzene rings is 2. The van der Waals surface area contributed by atoms with Crippen LogP contribution in [-0.2, 0) is 21.2 Å². The van der Waals surface area contributed by atoms with Gasteiger partial charge in [0.1, 0.15) is 5.58 Å². The molecule has 6 nitrogen and oxygen atoms in total. The van der Waals surface area contributed by atoms with Gasteiger partial charge in [-0.1, -0.05) is 24.3 Å². The van der Waals surface area contributed by atoms with Crippen LogP contribution >= 0.6 is 11.3 Å². The van der Waals surface area contributed by atoms with Gasteiger partial charge in [0.25, 0.3) is 0 Å². The van der Waals surface area contributed by atoms with Crippen molar-refractivity contribution in [1.82, 2.24) is 4.72 Å². The van der Waals surface area contributed by atoms with Crippen LogP contribution in [-0.4, -0.2) is 27.5 Å². The quantitative estimate of drug-likeness (QED) is 0.360. The molecule has 2 heterocycles. The molecule has 2 aromatic heterocycles. The van der Waals surface area contributed by atoms with Crippen LogP contribution < -0.4 is 4.72 Å². The van der Waals surface area contributed by atoms with Crippen LogP contribution in [0.25, 0.3) is 22.1 Å². The number of hydrogen-bond donors (Lipinski definition) is 1. The van der Waals surface area contributed by atoms with Crippen LogP contribution in [0.5, 0.6) is 0 Å². The molecule has 0 radical (unpaired) electrons. The number of ether oxygens (including phenoxy) is 1. The Morgan fingerprint density at radius 3 is 2.72 bits per heavy atom. The molecule has 0 aliphatic rings. The van der Waals surface area contributed by atoms with Crippen molar-refractivity contribution in [3.8, 4) is 11.1 Å². The summed E-state index contributed by atoms with van der Waals surface area (Å²) in [5.41, 5.74) is 4.32. The summed E-state index contributed by atoms with van der Waals surface area (Å²) in [6, 6.07) is 14.7. The number of esters is 1. The molecule has 0 unspecified atom stereocenters. The fourth-order valence-corrected chi connectivity index (χ4v) is 5.23. The maximum Gasteiger partial charge on any atom is 0.374 e. The van der Waals surface area contributed by atoms with E-state index in [1.54, 1.807) is 31.3 Å². The predicted molar refractivity (Wildman–Crippen MR) is 126 cm³/mol. The van der Waals surface area contributed by atoms with Gasteiger partial charge in [-0.25, -0.2) is 17.9 Å². The first-order chi connectivity index (χ1) is 15.4. The molecule has 0 bridgehead atoms. The maximum atomic E-state index is 12.8. The monoisotopic (exact) mass is 469 g/mol. The number of carbonyl (C=O) groups is 1. The van der Waals surface area contributed by atoms with E-state index < -0.39 is 16.0 Å². The molecule has 8 heteroatoms. The predicted octanol–water partition coefficient (Wildman–Crippen LogP) is 5.17. The average Bonchev–Trinajstić information content (AvgIpc) is 3.42. The lowest BCUT2D eigenvalue weighted by atomic mass is 10.0. The standard InChI is InChI=1S/C24H23NO5S2/c1-3-29-24(26)23-16(2)21-14-20(7-8-22(21)30-23)32(27,28)25-11-9-17-5-4-6-18(13-17)19-10-12-31-15-19/h4-8,10,12-15,25H,3,9,11H2,1-2H3. The van der Waals surface area contributed by atoms with E-state index in [2.05, 4.69) is 22.2 Å². The molecule has 0 spiro atoms. The number of nitrogens with one attached hydrogen (secondary N) is 1. The molecule has 0 fully saturated rings. The van der Waals surface area contributed by atoms with Crippen molar-refractivity contribution < 1.29 is 22.4 Å². The molecular formula is C24H23NO5S2. The summed E-state index contributed by atoms with van der Waals surface area (Å²) in [5, 5.41) is 4.69. The van der Waals surface area contributed by atoms with E-state index in [-0.39, 0.29) is 23.8 Å². The number of aryl methyl sites for hydroxylation is 1. The van der Waals surface area contributed by atoms with E-state index in [9.17, 15) is 13.2 Å². The largest absolute Gasteiger partial charge is 0.460 e. The maximum absolute atomic E-state index is 12.8. The molecule has 0 saturated heterocycles. The number of furan rings is 1. The minimum absolute atomic E-state index is 0.0925. The van der Waals surface area contributed by atoms with Crippen molar-refractivity contribution in [3.05, 3.63) is 76.2 Å². The van der Waals surface area contributed by atoms with E-state index in [4.69, 9.17) is 9.15 Å². The van der Waals surface area contributed by atoms with Crippen LogP contribution in [0, 0.1) is 6.92 Å². The second-order valence-electron chi connectivity index (χ2n) is 7.29. The lowest BCUT2D eigenvalue weighted by Gasteiger charge is -2.08. The van der Waals surface area contributed by atoms with Crippen LogP contribution in [0.4, 0.5) is 0 Å². The Morgan fingerprint density at radius 2 is 1.97 bits per heavy atom. The lowest BCUT2D eigenvalue weighted by Crippen LogP contribution is -2.26. The third-order valence-corrected chi connectivity index (χ3v) is 7.31. The number of carbonyl (C=O) groups excluding carboxylic acids is 1. The minimum Gasteiger partial charge on any atom is -0.460 e. The molecule has 1 N–H and O–H groups in total. The lowest BCUT2D eigenvalue weighted by molar-refractivity contribution is 0.0491. The topological polar surface area (TPSA) is 85.6 Å². The summed E-state index contributed by atoms with van der Waals surface area (Å²) >= 11 is 1.64. The number of rotatable bonds is 8. The second-order valence-corrected chi connectivity index (χ2v) is 9.84. The van der Waals surface area contributed by atoms with E-state index >= 15 is 0 Å². The van der Waals surface area contributed by atoms with Gasteiger partial charge in [0.2, 0.25) is 15.8 Å². The first-order valence-electron chi connectivity index (χ1n) is 10.2. The minimum atomic E-state index is -3.72. The second kappa shape index (κ2) is 9.28. The molecule has 4 aromatic rings. The van der Waals surface area contributed by atoms with Gasteiger partial charge in [0, 0.05) is 17.5 Å². The Labute approximate surface area is 190 Å². The molecule has 0 aliphatic heterocycles. The summed E-state index contributed by atoms with van der Waals surface area (Å²) in [6.07, 6.45) is 0.567. The van der Waals surface area contributed by atoms with Crippen molar-refractivity contribution in [2.75, 3.05) is 13.2 Å². The van der Waals surface area contributed by atoms with Crippen LogP contribution in [0.3, 0.4) is 0 Å². The number of hydrogen-bond acceptors (Lipinski definition) is 6. The zero-order valence-corrected chi connectivity index (χ0v) is 19.4. The van der Waals surface area contributed by atoms with Gasteiger partial charge in [0.15, 0.2) is 0 Å². The Kier molecular flexibility index (Phi) is 6.45. The molecule has 4 rings (SSSR count). The molecule has 32 heavy (non-hydrogen) atoms. The zero-order valence-electron chi connectivity index (χ0n) is 17.8. The third kappa shape index (κ3) is 4.62. The zero-order chi connectivity index (χ0) is 22.7. The highest BCUT2D eigenvalue weighted by Gasteiger charge is 2.21. The summed E-state index contributed by atoms with van der Waals surface area (Å²) in [5.74, 6) is -0.469. The first-order valence-corrected chi connectivity index (χ1v) is 12.6. The van der Waals surface area contributed by atoms with Gasteiger partial charge < -0.3 is 9.15 Å². The molecule has 0 atom stereocenters. The van der Waals surface area contributed by atoms with Crippen LogP contribution in [0.15, 0.2) is 68.6 Å². The molecular weight excluding hydrogens is 446 g/mol. The van der Waals surface area contributed by atoms with Gasteiger partial charge in [-0.2, -0.15) is 11.3 Å². The average molecular weight is 470 g/mol. The van der Waals surface area contributed by atoms with Crippen molar-refractivity contribution in [1.29, 1.82) is 0 Å². The van der Waals surface area contributed by atoms with E-state index in [1.165, 1.54) is 12.1 Å². The Hall–Kier alpha value is -2.94. The summed E-state index contributed by atoms with van der Waals surface area (Å²) < 4.78 is 38.9. The van der Waals surface area contributed by atoms with E-state index in [1.807, 2.05) is 23.6 Å². The Balaban J connectivity index is 1.48. The smallest absolute Gasteiger partial charge is 0.374 e. The molecule has 2 aromatic carbocycles. The molecule has 166 valence electrons. The molecule has 0 amide bonds. The highest BCUT2D eigenvalue weighted by molar-refractivity contribution is 7.89. The van der Waals surface area contributed by atoms with Crippen molar-refractivity contribution in [2.24, 2.45) is 0 Å². The number of thiophene rings is 1. The third-order valence-electron chi connectivity index (χ3n) is 5.17. The fraction of sp³-hybridized carbons (Fsp3) is 0.208. The highest BCUT2D eigenvalue weighted by atomic mass is 32.2. The van der Waals surface area contributed by atoms with Crippen LogP contribution in [0.1, 0.15) is 28.6 Å². The number of sulfonamides is 1. The van der Waals surface area contributed by atoms with Gasteiger partial charge >= 0.3 is 5.97 Å². The molecule has 0 saturated carbocycles. The van der Waals surface area contributed by atoms with Gasteiger partial charge in [-0.05, 0) is 72.0 Å². The fourth-order valence-electron chi connectivity index (χ4n) is 3.51. The van der Waals surface area contributed by atoms with E-state index in [0.717, 1.165) is 16.7 Å². The summed E-state index contributed by atoms with van der Waals surface area (Å²) in [6.45, 7) is 3.92. The summed E-state index contributed by atoms with van der Waals surface area (Å²) in [7, 11) is -3.72. The number of fused-ring (bicyclic) bond motifs is 1. The first kappa shape index (κ1) is 22.3. The van der Waals surface area contributed by atoms with E-state index in [0.29, 0.717) is 23.0 Å². The SMILES string of the molecule is CCOC(=O)c1oc2ccc(S(=O)(=O)NCCc3cccc(-c4ccsc4)c3)cc2c1C. The highest BCUT2D eigenvalue weighted by Crippen LogP contribution is 2.28. The summed E-state index contributed by atoms with van der Waals surface area (Å²) in [4.78, 5) is 12.2. The van der Waals surface area contributed by atoms with Crippen molar-refractivity contribution >= 4 is 38.3 Å². The molecule has 0 aliphatic carbocycles.